The van der Waals surface area contributed by atoms with Crippen molar-refractivity contribution in [2.45, 2.75) is 40.2 Å². The molecule has 0 atom stereocenters. The zero-order valence-corrected chi connectivity index (χ0v) is 17.7. The first-order valence-electron chi connectivity index (χ1n) is 10.3. The number of nitrogens with zero attached hydrogens (tertiary/aromatic N) is 2. The molecule has 1 amide bonds. The number of carbonyl (C=O) groups excluding carboxylic acids is 1. The minimum absolute atomic E-state index is 0.193. The molecule has 30 heavy (non-hydrogen) atoms. The number of amides is 1. The van der Waals surface area contributed by atoms with Crippen LogP contribution in [0.1, 0.15) is 45.8 Å². The number of hydrogen-bond donors (Lipinski definition) is 1. The van der Waals surface area contributed by atoms with E-state index in [0.29, 0.717) is 17.9 Å². The van der Waals surface area contributed by atoms with Crippen LogP contribution in [-0.2, 0) is 6.61 Å². The molecule has 3 aromatic rings. The van der Waals surface area contributed by atoms with Gasteiger partial charge >= 0.3 is 0 Å². The molecule has 6 heteroatoms. The number of para-hydroxylation sites is 1. The van der Waals surface area contributed by atoms with Crippen LogP contribution in [0.5, 0.6) is 5.75 Å². The Morgan fingerprint density at radius 3 is 2.60 bits per heavy atom. The summed E-state index contributed by atoms with van der Waals surface area (Å²) in [4.78, 5) is 15.4. The van der Waals surface area contributed by atoms with E-state index in [1.807, 2.05) is 39.0 Å². The number of rotatable bonds is 6. The van der Waals surface area contributed by atoms with E-state index in [0.717, 1.165) is 41.4 Å². The minimum Gasteiger partial charge on any atom is -0.488 e. The highest BCUT2D eigenvalue weighted by Crippen LogP contribution is 2.27. The van der Waals surface area contributed by atoms with E-state index >= 15 is 0 Å². The Labute approximate surface area is 176 Å². The van der Waals surface area contributed by atoms with E-state index in [2.05, 4.69) is 27.5 Å². The van der Waals surface area contributed by atoms with Crippen molar-refractivity contribution in [1.82, 2.24) is 5.16 Å². The van der Waals surface area contributed by atoms with Crippen LogP contribution in [0.15, 0.2) is 47.0 Å². The molecule has 1 aromatic heterocycles. The second-order valence-electron chi connectivity index (χ2n) is 7.74. The predicted molar refractivity (Wildman–Crippen MR) is 117 cm³/mol. The second kappa shape index (κ2) is 8.61. The van der Waals surface area contributed by atoms with E-state index in [1.165, 1.54) is 18.5 Å². The number of aromatic nitrogens is 1. The van der Waals surface area contributed by atoms with E-state index in [9.17, 15) is 4.79 Å². The molecule has 2 heterocycles. The van der Waals surface area contributed by atoms with Crippen LogP contribution in [0.25, 0.3) is 0 Å². The van der Waals surface area contributed by atoms with Gasteiger partial charge in [-0.25, -0.2) is 0 Å². The Balaban J connectivity index is 1.48. The van der Waals surface area contributed by atoms with Crippen LogP contribution >= 0.6 is 0 Å². The molecule has 2 aromatic carbocycles. The van der Waals surface area contributed by atoms with Gasteiger partial charge in [0.1, 0.15) is 18.1 Å². The van der Waals surface area contributed by atoms with E-state index in [4.69, 9.17) is 9.26 Å². The summed E-state index contributed by atoms with van der Waals surface area (Å²) in [6.45, 7) is 8.25. The van der Waals surface area contributed by atoms with Gasteiger partial charge in [-0.15, -0.1) is 0 Å². The number of carbonyl (C=O) groups is 1. The minimum atomic E-state index is -0.193. The van der Waals surface area contributed by atoms with Crippen molar-refractivity contribution in [1.29, 1.82) is 0 Å². The smallest absolute Gasteiger partial charge is 0.259 e. The Kier molecular flexibility index (Phi) is 5.74. The van der Waals surface area contributed by atoms with Gasteiger partial charge in [0.15, 0.2) is 0 Å². The fourth-order valence-corrected chi connectivity index (χ4v) is 3.79. The molecule has 1 saturated heterocycles. The average molecular weight is 405 g/mol. The molecule has 0 bridgehead atoms. The highest BCUT2D eigenvalue weighted by atomic mass is 16.5. The predicted octanol–water partition coefficient (Wildman–Crippen LogP) is 5.03. The van der Waals surface area contributed by atoms with Crippen LogP contribution < -0.4 is 15.0 Å². The van der Waals surface area contributed by atoms with Crippen molar-refractivity contribution >= 4 is 17.3 Å². The van der Waals surface area contributed by atoms with Gasteiger partial charge in [0, 0.05) is 24.5 Å². The number of benzene rings is 2. The maximum Gasteiger partial charge on any atom is 0.259 e. The summed E-state index contributed by atoms with van der Waals surface area (Å²) in [5.41, 5.74) is 5.26. The van der Waals surface area contributed by atoms with Gasteiger partial charge in [-0.2, -0.15) is 0 Å². The van der Waals surface area contributed by atoms with Crippen LogP contribution in [0.2, 0.25) is 0 Å². The summed E-state index contributed by atoms with van der Waals surface area (Å²) in [6, 6.07) is 13.5. The van der Waals surface area contributed by atoms with Crippen LogP contribution in [0, 0.1) is 20.8 Å². The van der Waals surface area contributed by atoms with Gasteiger partial charge in [0.05, 0.1) is 16.8 Å². The van der Waals surface area contributed by atoms with Crippen LogP contribution in [0.4, 0.5) is 11.4 Å². The first-order valence-corrected chi connectivity index (χ1v) is 10.3. The van der Waals surface area contributed by atoms with Crippen molar-refractivity contribution in [2.75, 3.05) is 23.3 Å². The fourth-order valence-electron chi connectivity index (χ4n) is 3.79. The summed E-state index contributed by atoms with van der Waals surface area (Å²) >= 11 is 0. The third-order valence-corrected chi connectivity index (χ3v) is 5.61. The summed E-state index contributed by atoms with van der Waals surface area (Å²) in [7, 11) is 0. The molecular weight excluding hydrogens is 378 g/mol. The SMILES string of the molecule is Cc1cc(N2CCCC2)ccc1NC(=O)c1ccccc1OCc1c(C)noc1C. The molecule has 1 fully saturated rings. The average Bonchev–Trinajstić information content (AvgIpc) is 3.39. The Morgan fingerprint density at radius 1 is 1.13 bits per heavy atom. The lowest BCUT2D eigenvalue weighted by molar-refractivity contribution is 0.102. The summed E-state index contributed by atoms with van der Waals surface area (Å²) in [5.74, 6) is 1.06. The number of ether oxygens (including phenoxy) is 1. The fraction of sp³-hybridized carbons (Fsp3) is 0.333. The van der Waals surface area contributed by atoms with Crippen molar-refractivity contribution in [2.24, 2.45) is 0 Å². The zero-order chi connectivity index (χ0) is 21.1. The number of nitrogens with one attached hydrogen (secondary N) is 1. The van der Waals surface area contributed by atoms with Gasteiger partial charge in [-0.3, -0.25) is 4.79 Å². The van der Waals surface area contributed by atoms with E-state index in [1.54, 1.807) is 12.1 Å². The van der Waals surface area contributed by atoms with Crippen LogP contribution in [-0.4, -0.2) is 24.2 Å². The maximum absolute atomic E-state index is 13.0. The summed E-state index contributed by atoms with van der Waals surface area (Å²) in [6.07, 6.45) is 2.48. The second-order valence-corrected chi connectivity index (χ2v) is 7.74. The molecular formula is C24H27N3O3. The van der Waals surface area contributed by atoms with E-state index < -0.39 is 0 Å². The van der Waals surface area contributed by atoms with Crippen molar-refractivity contribution < 1.29 is 14.1 Å². The molecule has 6 nitrogen and oxygen atoms in total. The Bertz CT molecular complexity index is 1030. The molecule has 0 saturated carbocycles. The molecule has 4 rings (SSSR count). The topological polar surface area (TPSA) is 67.6 Å². The van der Waals surface area contributed by atoms with E-state index in [-0.39, 0.29) is 5.91 Å². The molecule has 1 N–H and O–H groups in total. The zero-order valence-electron chi connectivity index (χ0n) is 17.7. The maximum atomic E-state index is 13.0. The van der Waals surface area contributed by atoms with Crippen molar-refractivity contribution in [3.8, 4) is 5.75 Å². The number of anilines is 2. The van der Waals surface area contributed by atoms with Crippen molar-refractivity contribution in [3.63, 3.8) is 0 Å². The molecule has 0 unspecified atom stereocenters. The van der Waals surface area contributed by atoms with Gasteiger partial charge in [0.25, 0.3) is 5.91 Å². The quantitative estimate of drug-likeness (QED) is 0.623. The summed E-state index contributed by atoms with van der Waals surface area (Å²) < 4.78 is 11.1. The number of hydrogen-bond acceptors (Lipinski definition) is 5. The molecule has 0 aliphatic carbocycles. The van der Waals surface area contributed by atoms with Crippen molar-refractivity contribution in [3.05, 3.63) is 70.6 Å². The van der Waals surface area contributed by atoms with Gasteiger partial charge in [-0.1, -0.05) is 17.3 Å². The summed E-state index contributed by atoms with van der Waals surface area (Å²) in [5, 5.41) is 6.98. The standard InChI is InChI=1S/C24H27N3O3/c1-16-14-19(27-12-6-7-13-27)10-11-22(16)25-24(28)20-8-4-5-9-23(20)29-15-21-17(2)26-30-18(21)3/h4-5,8-11,14H,6-7,12-13,15H2,1-3H3,(H,25,28). The van der Waals surface area contributed by atoms with Gasteiger partial charge < -0.3 is 19.5 Å². The van der Waals surface area contributed by atoms with Gasteiger partial charge in [-0.05, 0) is 69.5 Å². The monoisotopic (exact) mass is 405 g/mol. The normalized spacial score (nSPS) is 13.5. The van der Waals surface area contributed by atoms with Crippen LogP contribution in [0.3, 0.4) is 0 Å². The third kappa shape index (κ3) is 4.17. The first kappa shape index (κ1) is 20.0. The van der Waals surface area contributed by atoms with Gasteiger partial charge in [0.2, 0.25) is 0 Å². The Morgan fingerprint density at radius 2 is 1.90 bits per heavy atom. The lowest BCUT2D eigenvalue weighted by Crippen LogP contribution is -2.18. The molecule has 0 spiro atoms. The number of aryl methyl sites for hydroxylation is 3. The molecule has 1 aliphatic heterocycles. The lowest BCUT2D eigenvalue weighted by atomic mass is 10.1. The first-order chi connectivity index (χ1) is 14.5. The molecule has 1 aliphatic rings. The molecule has 0 radical (unpaired) electrons. The lowest BCUT2D eigenvalue weighted by Gasteiger charge is -2.19. The highest BCUT2D eigenvalue weighted by Gasteiger charge is 2.17. The molecule has 156 valence electrons. The highest BCUT2D eigenvalue weighted by molar-refractivity contribution is 6.06. The largest absolute Gasteiger partial charge is 0.488 e. The Hall–Kier alpha value is -3.28. The third-order valence-electron chi connectivity index (χ3n) is 5.61.